The summed E-state index contributed by atoms with van der Waals surface area (Å²) >= 11 is 0. The maximum absolute atomic E-state index is 11.4. The van der Waals surface area contributed by atoms with Gasteiger partial charge in [0.2, 0.25) is 5.91 Å². The Bertz CT molecular complexity index is 479. The number of imide groups is 1. The zero-order valence-electron chi connectivity index (χ0n) is 10.5. The van der Waals surface area contributed by atoms with Crippen LogP contribution in [0, 0.1) is 11.3 Å². The number of carbonyl (C=O) groups is 4. The summed E-state index contributed by atoms with van der Waals surface area (Å²) in [7, 11) is 1.30. The van der Waals surface area contributed by atoms with Crippen molar-refractivity contribution in [2.75, 3.05) is 20.1 Å². The second-order valence-electron chi connectivity index (χ2n) is 3.25. The summed E-state index contributed by atoms with van der Waals surface area (Å²) in [5.74, 6) is -2.77. The zero-order chi connectivity index (χ0) is 15.5. The number of amides is 4. The highest BCUT2D eigenvalue weighted by Gasteiger charge is 2.11. The van der Waals surface area contributed by atoms with Crippen LogP contribution >= 0.6 is 0 Å². The predicted octanol–water partition coefficient (Wildman–Crippen LogP) is -2.36. The lowest BCUT2D eigenvalue weighted by Crippen LogP contribution is -2.39. The Kier molecular flexibility index (Phi) is 7.54. The highest BCUT2D eigenvalue weighted by atomic mass is 16.4. The van der Waals surface area contributed by atoms with Crippen LogP contribution in [-0.4, -0.2) is 49.1 Å². The second-order valence-corrected chi connectivity index (χ2v) is 3.25. The number of nitrogens with zero attached hydrogens (tertiary/aromatic N) is 1. The van der Waals surface area contributed by atoms with Crippen LogP contribution in [0.25, 0.3) is 0 Å². The number of carboxylic acid groups (broad SMARTS) is 1. The van der Waals surface area contributed by atoms with Crippen molar-refractivity contribution in [3.63, 3.8) is 0 Å². The summed E-state index contributed by atoms with van der Waals surface area (Å²) < 4.78 is 0. The molecule has 0 radical (unpaired) electrons. The molecule has 0 unspecified atom stereocenters. The van der Waals surface area contributed by atoms with Crippen molar-refractivity contribution in [1.82, 2.24) is 21.3 Å². The van der Waals surface area contributed by atoms with Crippen molar-refractivity contribution >= 4 is 23.8 Å². The first-order valence-electron chi connectivity index (χ1n) is 5.26. The lowest BCUT2D eigenvalue weighted by molar-refractivity contribution is -0.137. The molecule has 0 aliphatic carbocycles. The van der Waals surface area contributed by atoms with Crippen LogP contribution in [0.2, 0.25) is 0 Å². The van der Waals surface area contributed by atoms with Crippen LogP contribution in [0.4, 0.5) is 4.79 Å². The third-order valence-corrected chi connectivity index (χ3v) is 1.77. The number of nitrogens with one attached hydrogen (secondary N) is 4. The van der Waals surface area contributed by atoms with E-state index in [0.29, 0.717) is 0 Å². The Labute approximate surface area is 113 Å². The van der Waals surface area contributed by atoms with Gasteiger partial charge in [-0.2, -0.15) is 5.26 Å². The minimum Gasteiger partial charge on any atom is -0.480 e. The van der Waals surface area contributed by atoms with E-state index in [9.17, 15) is 19.2 Å². The molecule has 0 saturated carbocycles. The monoisotopic (exact) mass is 283 g/mol. The molecule has 5 N–H and O–H groups in total. The van der Waals surface area contributed by atoms with Gasteiger partial charge in [-0.3, -0.25) is 19.7 Å². The number of carbonyl (C=O) groups excluding carboxylic acids is 3. The molecule has 0 saturated heterocycles. The average molecular weight is 283 g/mol. The van der Waals surface area contributed by atoms with Crippen molar-refractivity contribution in [3.8, 4) is 6.07 Å². The largest absolute Gasteiger partial charge is 0.480 e. The normalized spacial score (nSPS) is 9.90. The molecule has 0 aliphatic rings. The Morgan fingerprint density at radius 3 is 2.40 bits per heavy atom. The van der Waals surface area contributed by atoms with Gasteiger partial charge in [-0.25, -0.2) is 4.79 Å². The van der Waals surface area contributed by atoms with E-state index in [-0.39, 0.29) is 6.54 Å². The summed E-state index contributed by atoms with van der Waals surface area (Å²) in [6.07, 6.45) is 0.943. The number of aliphatic carboxylic acids is 1. The molecular weight excluding hydrogens is 270 g/mol. The van der Waals surface area contributed by atoms with Gasteiger partial charge in [0, 0.05) is 13.2 Å². The first-order valence-corrected chi connectivity index (χ1v) is 5.26. The Morgan fingerprint density at radius 2 is 1.90 bits per heavy atom. The van der Waals surface area contributed by atoms with Gasteiger partial charge in [0.15, 0.2) is 0 Å². The van der Waals surface area contributed by atoms with E-state index in [1.807, 2.05) is 5.32 Å². The Morgan fingerprint density at radius 1 is 1.25 bits per heavy atom. The van der Waals surface area contributed by atoms with Crippen LogP contribution in [-0.2, 0) is 14.4 Å². The SMILES string of the molecule is CNC(=O)NC(=O)C(C#N)=CNCC(=O)NCC(=O)O. The van der Waals surface area contributed by atoms with E-state index in [0.717, 1.165) is 6.20 Å². The van der Waals surface area contributed by atoms with E-state index in [2.05, 4.69) is 16.0 Å². The van der Waals surface area contributed by atoms with Gasteiger partial charge < -0.3 is 21.1 Å². The number of hydrogen-bond acceptors (Lipinski definition) is 6. The quantitative estimate of drug-likeness (QED) is 0.269. The van der Waals surface area contributed by atoms with Gasteiger partial charge >= 0.3 is 12.0 Å². The zero-order valence-corrected chi connectivity index (χ0v) is 10.5. The fourth-order valence-electron chi connectivity index (χ4n) is 0.864. The van der Waals surface area contributed by atoms with Gasteiger partial charge in [0.1, 0.15) is 18.2 Å². The first kappa shape index (κ1) is 16.9. The van der Waals surface area contributed by atoms with Crippen molar-refractivity contribution < 1.29 is 24.3 Å². The fraction of sp³-hybridized carbons (Fsp3) is 0.300. The van der Waals surface area contributed by atoms with Crippen LogP contribution in [0.3, 0.4) is 0 Å². The molecule has 0 heterocycles. The Balaban J connectivity index is 4.30. The van der Waals surface area contributed by atoms with Gasteiger partial charge in [-0.05, 0) is 0 Å². The highest BCUT2D eigenvalue weighted by molar-refractivity contribution is 6.06. The van der Waals surface area contributed by atoms with Crippen molar-refractivity contribution in [1.29, 1.82) is 5.26 Å². The average Bonchev–Trinajstić information content (AvgIpc) is 2.40. The summed E-state index contributed by atoms with van der Waals surface area (Å²) in [6, 6.07) is 0.754. The maximum atomic E-state index is 11.4. The molecule has 0 aromatic carbocycles. The van der Waals surface area contributed by atoms with Crippen molar-refractivity contribution in [2.45, 2.75) is 0 Å². The molecule has 0 aliphatic heterocycles. The number of rotatable bonds is 6. The van der Waals surface area contributed by atoms with E-state index in [1.54, 1.807) is 0 Å². The maximum Gasteiger partial charge on any atom is 0.322 e. The Hall–Kier alpha value is -3.09. The minimum absolute atomic E-state index is 0.328. The number of hydrogen-bond donors (Lipinski definition) is 5. The lowest BCUT2D eigenvalue weighted by atomic mass is 10.3. The summed E-state index contributed by atoms with van der Waals surface area (Å²) in [5.41, 5.74) is -0.417. The van der Waals surface area contributed by atoms with Gasteiger partial charge in [-0.1, -0.05) is 0 Å². The van der Waals surface area contributed by atoms with E-state index >= 15 is 0 Å². The first-order chi connectivity index (χ1) is 9.40. The van der Waals surface area contributed by atoms with Crippen LogP contribution in [0.1, 0.15) is 0 Å². The van der Waals surface area contributed by atoms with Crippen LogP contribution < -0.4 is 21.3 Å². The molecule has 10 nitrogen and oxygen atoms in total. The molecule has 0 aromatic rings. The van der Waals surface area contributed by atoms with Crippen LogP contribution in [0.15, 0.2) is 11.8 Å². The van der Waals surface area contributed by atoms with Crippen molar-refractivity contribution in [2.24, 2.45) is 0 Å². The molecule has 20 heavy (non-hydrogen) atoms. The topological polar surface area (TPSA) is 160 Å². The molecule has 108 valence electrons. The smallest absolute Gasteiger partial charge is 0.322 e. The molecule has 0 spiro atoms. The van der Waals surface area contributed by atoms with Gasteiger partial charge in [0.05, 0.1) is 6.54 Å². The third-order valence-electron chi connectivity index (χ3n) is 1.77. The van der Waals surface area contributed by atoms with Crippen LogP contribution in [0.5, 0.6) is 0 Å². The fourth-order valence-corrected chi connectivity index (χ4v) is 0.864. The van der Waals surface area contributed by atoms with Gasteiger partial charge in [-0.15, -0.1) is 0 Å². The summed E-state index contributed by atoms with van der Waals surface area (Å²) in [6.45, 7) is -0.863. The molecule has 0 bridgehead atoms. The third kappa shape index (κ3) is 7.28. The molecule has 0 fully saturated rings. The molecule has 0 atom stereocenters. The molecule has 0 aromatic heterocycles. The summed E-state index contributed by atoms with van der Waals surface area (Å²) in [4.78, 5) is 43.5. The molecule has 4 amide bonds. The summed E-state index contributed by atoms with van der Waals surface area (Å²) in [5, 5.41) is 25.4. The van der Waals surface area contributed by atoms with E-state index in [4.69, 9.17) is 10.4 Å². The lowest BCUT2D eigenvalue weighted by Gasteiger charge is -2.04. The van der Waals surface area contributed by atoms with Gasteiger partial charge in [0.25, 0.3) is 5.91 Å². The molecule has 0 rings (SSSR count). The predicted molar refractivity (Wildman–Crippen MR) is 64.9 cm³/mol. The highest BCUT2D eigenvalue weighted by Crippen LogP contribution is 1.89. The number of urea groups is 1. The minimum atomic E-state index is -1.20. The number of nitriles is 1. The second kappa shape index (κ2) is 8.92. The van der Waals surface area contributed by atoms with E-state index < -0.39 is 35.9 Å². The molecular formula is C10H13N5O5. The van der Waals surface area contributed by atoms with Crippen molar-refractivity contribution in [3.05, 3.63) is 11.8 Å². The number of carboxylic acids is 1. The van der Waals surface area contributed by atoms with E-state index in [1.165, 1.54) is 13.1 Å². The molecule has 10 heteroatoms. The standard InChI is InChI=1S/C10H13N5O5/c1-12-10(20)15-9(19)6(2-11)3-13-4-7(16)14-5-8(17)18/h3,13H,4-5H2,1H3,(H,14,16)(H,17,18)(H2,12,15,19,20).